The molecule has 18 heteroatoms. The molecule has 0 saturated carbocycles. The molecule has 0 radical (unpaired) electrons. The van der Waals surface area contributed by atoms with Crippen molar-refractivity contribution in [3.63, 3.8) is 0 Å². The largest absolute Gasteiger partial charge is 0.394 e. The number of hydrogen-bond donors (Lipinski definition) is 10. The van der Waals surface area contributed by atoms with Gasteiger partial charge in [0.15, 0.2) is 12.6 Å². The predicted octanol–water partition coefficient (Wildman–Crippen LogP) is -3.25. The van der Waals surface area contributed by atoms with Gasteiger partial charge in [0.1, 0.15) is 36.5 Å². The molecule has 8 unspecified atom stereocenters. The van der Waals surface area contributed by atoms with E-state index in [-0.39, 0.29) is 43.8 Å². The lowest BCUT2D eigenvalue weighted by Crippen LogP contribution is -2.64. The van der Waals surface area contributed by atoms with Gasteiger partial charge in [0.2, 0.25) is 23.6 Å². The Bertz CT molecular complexity index is 977. The maximum atomic E-state index is 12.3. The van der Waals surface area contributed by atoms with E-state index in [1.165, 1.54) is 20.8 Å². The number of unbranched alkanes of at least 4 members (excludes halogenated alkanes) is 2. The van der Waals surface area contributed by atoms with Gasteiger partial charge in [0.25, 0.3) is 0 Å². The monoisotopic (exact) mass is 710 g/mol. The summed E-state index contributed by atoms with van der Waals surface area (Å²) >= 11 is 0. The molecule has 4 amide bonds. The maximum Gasteiger partial charge on any atom is 0.220 e. The Balaban J connectivity index is 2.29. The minimum atomic E-state index is -1.40. The smallest absolute Gasteiger partial charge is 0.220 e. The molecule has 0 aromatic rings. The van der Waals surface area contributed by atoms with E-state index in [9.17, 15) is 49.8 Å². The zero-order chi connectivity index (χ0) is 36.9. The highest BCUT2D eigenvalue weighted by atomic mass is 16.7. The summed E-state index contributed by atoms with van der Waals surface area (Å²) in [6.45, 7) is 5.25. The summed E-state index contributed by atoms with van der Waals surface area (Å²) in [5.41, 5.74) is 0. The molecule has 1 aliphatic heterocycles. The third-order valence-corrected chi connectivity index (χ3v) is 7.65. The van der Waals surface area contributed by atoms with Crippen LogP contribution in [0.4, 0.5) is 0 Å². The van der Waals surface area contributed by atoms with E-state index in [2.05, 4.69) is 21.3 Å². The van der Waals surface area contributed by atoms with E-state index in [1.807, 2.05) is 6.92 Å². The van der Waals surface area contributed by atoms with Crippen LogP contribution in [0, 0.1) is 5.92 Å². The summed E-state index contributed by atoms with van der Waals surface area (Å²) in [5.74, 6) is -1.27. The Morgan fingerprint density at radius 1 is 0.816 bits per heavy atom. The van der Waals surface area contributed by atoms with Crippen LogP contribution in [0.15, 0.2) is 0 Å². The van der Waals surface area contributed by atoms with Crippen LogP contribution in [0.3, 0.4) is 0 Å². The second-order valence-corrected chi connectivity index (χ2v) is 12.3. The molecule has 1 rings (SSSR count). The van der Waals surface area contributed by atoms with E-state index in [0.717, 1.165) is 0 Å². The first-order valence-corrected chi connectivity index (χ1v) is 16.7. The molecule has 0 aromatic heterocycles. The van der Waals surface area contributed by atoms with Gasteiger partial charge >= 0.3 is 0 Å². The third-order valence-electron chi connectivity index (χ3n) is 7.65. The Hall–Kier alpha value is -2.52. The molecule has 1 heterocycles. The first-order valence-electron chi connectivity index (χ1n) is 16.7. The minimum Gasteiger partial charge on any atom is -0.394 e. The molecule has 10 atom stereocenters. The normalized spacial score (nSPS) is 23.8. The van der Waals surface area contributed by atoms with Gasteiger partial charge in [-0.2, -0.15) is 0 Å². The predicted molar refractivity (Wildman–Crippen MR) is 172 cm³/mol. The summed E-state index contributed by atoms with van der Waals surface area (Å²) in [5, 5.41) is 69.3. The fourth-order valence-electron chi connectivity index (χ4n) is 4.80. The van der Waals surface area contributed by atoms with Gasteiger partial charge in [-0.25, -0.2) is 0 Å². The molecule has 0 bridgehead atoms. The van der Waals surface area contributed by atoms with Crippen molar-refractivity contribution in [2.24, 2.45) is 5.92 Å². The fourth-order valence-corrected chi connectivity index (χ4v) is 4.80. The highest BCUT2D eigenvalue weighted by molar-refractivity contribution is 5.76. The van der Waals surface area contributed by atoms with E-state index in [1.54, 1.807) is 0 Å². The molecule has 0 spiro atoms. The van der Waals surface area contributed by atoms with Crippen LogP contribution in [-0.4, -0.2) is 156 Å². The van der Waals surface area contributed by atoms with Gasteiger partial charge < -0.3 is 70.9 Å². The summed E-state index contributed by atoms with van der Waals surface area (Å²) in [7, 11) is 0. The molecule has 49 heavy (non-hydrogen) atoms. The van der Waals surface area contributed by atoms with E-state index in [0.29, 0.717) is 38.8 Å². The number of hydrogen-bond acceptors (Lipinski definition) is 14. The Labute approximate surface area is 287 Å². The summed E-state index contributed by atoms with van der Waals surface area (Å²) < 4.78 is 22.4. The number of aliphatic hydroxyl groups is 6. The SMILES string of the molecule is CC(=O)NC1C(OCCCCC(=O)NCC(C)CNC(=O)CCCCOC(OC(CO)[C@@H](C)O)[C@H](CO)NC(C)=O)OC(CO)C(O)C1O. The quantitative estimate of drug-likeness (QED) is 0.0330. The third kappa shape index (κ3) is 17.8. The van der Waals surface area contributed by atoms with Crippen molar-refractivity contribution in [2.45, 2.75) is 121 Å². The minimum absolute atomic E-state index is 0.0366. The zero-order valence-corrected chi connectivity index (χ0v) is 28.9. The van der Waals surface area contributed by atoms with Gasteiger partial charge in [-0.15, -0.1) is 0 Å². The van der Waals surface area contributed by atoms with Crippen molar-refractivity contribution in [3.05, 3.63) is 0 Å². The first-order chi connectivity index (χ1) is 23.2. The molecular weight excluding hydrogens is 652 g/mol. The highest BCUT2D eigenvalue weighted by Crippen LogP contribution is 2.22. The van der Waals surface area contributed by atoms with Gasteiger partial charge in [-0.05, 0) is 38.5 Å². The first kappa shape index (κ1) is 44.5. The van der Waals surface area contributed by atoms with Crippen LogP contribution in [0.1, 0.15) is 66.2 Å². The van der Waals surface area contributed by atoms with E-state index >= 15 is 0 Å². The Kier molecular flexibility index (Phi) is 22.3. The van der Waals surface area contributed by atoms with Crippen molar-refractivity contribution in [3.8, 4) is 0 Å². The van der Waals surface area contributed by atoms with Crippen LogP contribution in [0.25, 0.3) is 0 Å². The van der Waals surface area contributed by atoms with Crippen molar-refractivity contribution in [1.29, 1.82) is 0 Å². The number of aliphatic hydroxyl groups excluding tert-OH is 6. The van der Waals surface area contributed by atoms with Gasteiger partial charge in [0, 0.05) is 53.0 Å². The van der Waals surface area contributed by atoms with E-state index in [4.69, 9.17) is 18.9 Å². The topological polar surface area (TPSA) is 275 Å². The second-order valence-electron chi connectivity index (χ2n) is 12.3. The fraction of sp³-hybridized carbons (Fsp3) is 0.871. The molecule has 10 N–H and O–H groups in total. The summed E-state index contributed by atoms with van der Waals surface area (Å²) in [4.78, 5) is 47.6. The maximum absolute atomic E-state index is 12.3. The number of carbonyl (C=O) groups is 4. The summed E-state index contributed by atoms with van der Waals surface area (Å²) in [6, 6.07) is -1.96. The molecule has 18 nitrogen and oxygen atoms in total. The lowest BCUT2D eigenvalue weighted by atomic mass is 9.97. The number of carbonyl (C=O) groups excluding carboxylic acids is 4. The molecule has 1 fully saturated rings. The highest BCUT2D eigenvalue weighted by Gasteiger charge is 2.45. The Morgan fingerprint density at radius 3 is 1.90 bits per heavy atom. The van der Waals surface area contributed by atoms with Crippen molar-refractivity contribution >= 4 is 23.6 Å². The molecule has 0 aliphatic carbocycles. The van der Waals surface area contributed by atoms with Crippen LogP contribution in [0.5, 0.6) is 0 Å². The zero-order valence-electron chi connectivity index (χ0n) is 28.9. The molecule has 0 aromatic carbocycles. The van der Waals surface area contributed by atoms with Crippen molar-refractivity contribution in [1.82, 2.24) is 21.3 Å². The van der Waals surface area contributed by atoms with Crippen LogP contribution < -0.4 is 21.3 Å². The van der Waals surface area contributed by atoms with E-state index < -0.39 is 86.8 Å². The second kappa shape index (κ2) is 24.6. The molecular formula is C31H58N4O14. The Morgan fingerprint density at radius 2 is 1.41 bits per heavy atom. The average Bonchev–Trinajstić information content (AvgIpc) is 3.05. The number of amides is 4. The van der Waals surface area contributed by atoms with Crippen molar-refractivity contribution in [2.75, 3.05) is 46.1 Å². The van der Waals surface area contributed by atoms with Crippen LogP contribution in [-0.2, 0) is 38.1 Å². The van der Waals surface area contributed by atoms with Gasteiger partial charge in [0.05, 0.1) is 25.9 Å². The molecule has 1 aliphatic rings. The lowest BCUT2D eigenvalue weighted by Gasteiger charge is -2.42. The average molecular weight is 711 g/mol. The number of rotatable bonds is 25. The number of nitrogens with one attached hydrogen (secondary N) is 4. The van der Waals surface area contributed by atoms with Gasteiger partial charge in [-0.3, -0.25) is 19.2 Å². The standard InChI is InChI=1S/C31H58N4O14/c1-18(13-32-25(42)9-5-7-11-46-30(22(15-36)34-20(3)40)48-23(16-37)19(2)39)14-33-26(43)10-6-8-12-47-31-27(35-21(4)41)29(45)28(44)24(17-38)49-31/h18-19,22-24,27-31,36-39,44-45H,5-17H2,1-4H3,(H,32,42)(H,33,43)(H,34,40)(H,35,41)/t18?,19-,22+,23?,24?,27?,28?,29?,30?,31?/m1/s1. The lowest BCUT2D eigenvalue weighted by molar-refractivity contribution is -0.270. The summed E-state index contributed by atoms with van der Waals surface area (Å²) in [6.07, 6.45) is -5.79. The molecule has 1 saturated heterocycles. The number of ether oxygens (including phenoxy) is 4. The molecule has 286 valence electrons. The van der Waals surface area contributed by atoms with Crippen LogP contribution in [0.2, 0.25) is 0 Å². The van der Waals surface area contributed by atoms with Crippen LogP contribution >= 0.6 is 0 Å². The van der Waals surface area contributed by atoms with Crippen molar-refractivity contribution < 1.29 is 68.8 Å². The van der Waals surface area contributed by atoms with Gasteiger partial charge in [-0.1, -0.05) is 6.92 Å².